The summed E-state index contributed by atoms with van der Waals surface area (Å²) in [7, 11) is 1.49. The minimum Gasteiger partial charge on any atom is -0.495 e. The van der Waals surface area contributed by atoms with E-state index in [9.17, 15) is 9.59 Å². The highest BCUT2D eigenvalue weighted by Gasteiger charge is 2.16. The first-order chi connectivity index (χ1) is 12.2. The van der Waals surface area contributed by atoms with Gasteiger partial charge in [0.2, 0.25) is 0 Å². The van der Waals surface area contributed by atoms with Crippen LogP contribution in [0.4, 0.5) is 5.69 Å². The van der Waals surface area contributed by atoms with Gasteiger partial charge in [-0.2, -0.15) is 0 Å². The molecule has 0 radical (unpaired) electrons. The van der Waals surface area contributed by atoms with Crippen LogP contribution in [-0.4, -0.2) is 25.6 Å². The van der Waals surface area contributed by atoms with E-state index < -0.39 is 18.5 Å². The van der Waals surface area contributed by atoms with Gasteiger partial charge in [0, 0.05) is 5.02 Å². The number of nitrogens with one attached hydrogen (secondary N) is 1. The molecule has 5 nitrogen and oxygen atoms in total. The maximum absolute atomic E-state index is 12.1. The number of esters is 1. The Balaban J connectivity index is 1.95. The van der Waals surface area contributed by atoms with Crippen molar-refractivity contribution in [3.8, 4) is 5.75 Å². The van der Waals surface area contributed by atoms with Crippen molar-refractivity contribution in [2.45, 2.75) is 26.2 Å². The zero-order valence-corrected chi connectivity index (χ0v) is 16.0. The van der Waals surface area contributed by atoms with Crippen LogP contribution in [0.2, 0.25) is 5.02 Å². The van der Waals surface area contributed by atoms with E-state index in [4.69, 9.17) is 21.1 Å². The number of ether oxygens (including phenoxy) is 2. The zero-order chi connectivity index (χ0) is 19.3. The standard InChI is InChI=1S/C20H22ClNO4/c1-20(2,3)14-7-5-13(6-8-14)19(24)26-12-18(23)22-16-11-15(21)9-10-17(16)25-4/h5-11H,12H2,1-4H3,(H,22,23). The summed E-state index contributed by atoms with van der Waals surface area (Å²) in [5, 5.41) is 3.07. The highest BCUT2D eigenvalue weighted by Crippen LogP contribution is 2.27. The van der Waals surface area contributed by atoms with Crippen LogP contribution in [0, 0.1) is 0 Å². The van der Waals surface area contributed by atoms with Gasteiger partial charge in [-0.05, 0) is 41.3 Å². The lowest BCUT2D eigenvalue weighted by molar-refractivity contribution is -0.119. The summed E-state index contributed by atoms with van der Waals surface area (Å²) in [5.41, 5.74) is 1.92. The summed E-state index contributed by atoms with van der Waals surface area (Å²) >= 11 is 5.92. The summed E-state index contributed by atoms with van der Waals surface area (Å²) in [6.07, 6.45) is 0. The molecule has 138 valence electrons. The van der Waals surface area contributed by atoms with Crippen molar-refractivity contribution in [2.75, 3.05) is 19.0 Å². The third-order valence-electron chi connectivity index (χ3n) is 3.76. The van der Waals surface area contributed by atoms with Gasteiger partial charge < -0.3 is 14.8 Å². The SMILES string of the molecule is COc1ccc(Cl)cc1NC(=O)COC(=O)c1ccc(C(C)(C)C)cc1. The van der Waals surface area contributed by atoms with Gasteiger partial charge in [-0.1, -0.05) is 44.5 Å². The van der Waals surface area contributed by atoms with Crippen LogP contribution in [0.3, 0.4) is 0 Å². The number of hydrogen-bond donors (Lipinski definition) is 1. The summed E-state index contributed by atoms with van der Waals surface area (Å²) in [6, 6.07) is 12.0. The van der Waals surface area contributed by atoms with E-state index in [-0.39, 0.29) is 5.41 Å². The predicted octanol–water partition coefficient (Wildman–Crippen LogP) is 4.44. The Bertz CT molecular complexity index is 794. The number of halogens is 1. The van der Waals surface area contributed by atoms with Gasteiger partial charge in [0.1, 0.15) is 5.75 Å². The molecule has 0 aliphatic heterocycles. The maximum atomic E-state index is 12.1. The van der Waals surface area contributed by atoms with E-state index in [1.165, 1.54) is 7.11 Å². The molecule has 2 aromatic carbocycles. The van der Waals surface area contributed by atoms with Crippen LogP contribution in [0.5, 0.6) is 5.75 Å². The molecule has 26 heavy (non-hydrogen) atoms. The number of methoxy groups -OCH3 is 1. The molecule has 1 amide bonds. The Morgan fingerprint density at radius 1 is 1.08 bits per heavy atom. The molecule has 1 N–H and O–H groups in total. The average molecular weight is 376 g/mol. The number of anilines is 1. The van der Waals surface area contributed by atoms with E-state index in [0.29, 0.717) is 22.0 Å². The summed E-state index contributed by atoms with van der Waals surface area (Å²) < 4.78 is 10.2. The van der Waals surface area contributed by atoms with Gasteiger partial charge in [0.15, 0.2) is 6.61 Å². The fourth-order valence-corrected chi connectivity index (χ4v) is 2.46. The normalized spacial score (nSPS) is 11.0. The van der Waals surface area contributed by atoms with Crippen molar-refractivity contribution in [3.05, 3.63) is 58.6 Å². The Morgan fingerprint density at radius 3 is 2.31 bits per heavy atom. The topological polar surface area (TPSA) is 64.6 Å². The van der Waals surface area contributed by atoms with Gasteiger partial charge in [-0.3, -0.25) is 4.79 Å². The minimum atomic E-state index is -0.557. The first-order valence-corrected chi connectivity index (χ1v) is 8.49. The van der Waals surface area contributed by atoms with E-state index in [0.717, 1.165) is 5.56 Å². The molecule has 0 bridgehead atoms. The Hall–Kier alpha value is -2.53. The Labute approximate surface area is 158 Å². The Morgan fingerprint density at radius 2 is 1.73 bits per heavy atom. The quantitative estimate of drug-likeness (QED) is 0.784. The second-order valence-electron chi connectivity index (χ2n) is 6.80. The summed E-state index contributed by atoms with van der Waals surface area (Å²) in [5.74, 6) is -0.573. The molecular formula is C20H22ClNO4. The first kappa shape index (κ1) is 19.8. The van der Waals surface area contributed by atoms with Crippen molar-refractivity contribution in [1.29, 1.82) is 0 Å². The molecule has 0 aliphatic carbocycles. The third kappa shape index (κ3) is 5.23. The van der Waals surface area contributed by atoms with Crippen LogP contribution < -0.4 is 10.1 Å². The molecule has 0 heterocycles. The predicted molar refractivity (Wildman–Crippen MR) is 102 cm³/mol. The summed E-state index contributed by atoms with van der Waals surface area (Å²) in [6.45, 7) is 5.87. The molecule has 0 fully saturated rings. The largest absolute Gasteiger partial charge is 0.495 e. The monoisotopic (exact) mass is 375 g/mol. The van der Waals surface area contributed by atoms with Crippen LogP contribution in [0.1, 0.15) is 36.7 Å². The highest BCUT2D eigenvalue weighted by atomic mass is 35.5. The molecule has 0 aromatic heterocycles. The highest BCUT2D eigenvalue weighted by molar-refractivity contribution is 6.31. The average Bonchev–Trinajstić information content (AvgIpc) is 2.59. The van der Waals surface area contributed by atoms with Gasteiger partial charge in [0.05, 0.1) is 18.4 Å². The van der Waals surface area contributed by atoms with Crippen molar-refractivity contribution in [1.82, 2.24) is 0 Å². The number of amides is 1. The van der Waals surface area contributed by atoms with Crippen LogP contribution in [-0.2, 0) is 14.9 Å². The number of hydrogen-bond acceptors (Lipinski definition) is 4. The molecular weight excluding hydrogens is 354 g/mol. The van der Waals surface area contributed by atoms with E-state index in [1.54, 1.807) is 30.3 Å². The van der Waals surface area contributed by atoms with Gasteiger partial charge in [-0.15, -0.1) is 0 Å². The molecule has 0 saturated heterocycles. The molecule has 6 heteroatoms. The third-order valence-corrected chi connectivity index (χ3v) is 3.99. The summed E-state index contributed by atoms with van der Waals surface area (Å²) in [4.78, 5) is 24.1. The molecule has 2 aromatic rings. The van der Waals surface area contributed by atoms with E-state index in [2.05, 4.69) is 26.1 Å². The van der Waals surface area contributed by atoms with Crippen molar-refractivity contribution in [3.63, 3.8) is 0 Å². The molecule has 0 saturated carbocycles. The number of benzene rings is 2. The number of rotatable bonds is 5. The molecule has 0 atom stereocenters. The second-order valence-corrected chi connectivity index (χ2v) is 7.23. The van der Waals surface area contributed by atoms with Crippen LogP contribution in [0.15, 0.2) is 42.5 Å². The van der Waals surface area contributed by atoms with Gasteiger partial charge >= 0.3 is 5.97 Å². The minimum absolute atomic E-state index is 0.00165. The fraction of sp³-hybridized carbons (Fsp3) is 0.300. The number of carbonyl (C=O) groups is 2. The number of carbonyl (C=O) groups excluding carboxylic acids is 2. The van der Waals surface area contributed by atoms with Gasteiger partial charge in [-0.25, -0.2) is 4.79 Å². The lowest BCUT2D eigenvalue weighted by atomic mass is 9.87. The van der Waals surface area contributed by atoms with Crippen LogP contribution in [0.25, 0.3) is 0 Å². The lowest BCUT2D eigenvalue weighted by Gasteiger charge is -2.18. The van der Waals surface area contributed by atoms with Gasteiger partial charge in [0.25, 0.3) is 5.91 Å². The zero-order valence-electron chi connectivity index (χ0n) is 15.3. The van der Waals surface area contributed by atoms with Crippen molar-refractivity contribution < 1.29 is 19.1 Å². The smallest absolute Gasteiger partial charge is 0.338 e. The van der Waals surface area contributed by atoms with E-state index >= 15 is 0 Å². The molecule has 0 aliphatic rings. The second kappa shape index (κ2) is 8.23. The van der Waals surface area contributed by atoms with Crippen LogP contribution >= 0.6 is 11.6 Å². The lowest BCUT2D eigenvalue weighted by Crippen LogP contribution is -2.21. The Kier molecular flexibility index (Phi) is 6.27. The van der Waals surface area contributed by atoms with Crippen molar-refractivity contribution >= 4 is 29.2 Å². The van der Waals surface area contributed by atoms with E-state index in [1.807, 2.05) is 12.1 Å². The maximum Gasteiger partial charge on any atom is 0.338 e. The first-order valence-electron chi connectivity index (χ1n) is 8.12. The molecule has 0 spiro atoms. The fourth-order valence-electron chi connectivity index (χ4n) is 2.28. The van der Waals surface area contributed by atoms with Crippen molar-refractivity contribution in [2.24, 2.45) is 0 Å². The molecule has 0 unspecified atom stereocenters. The molecule has 2 rings (SSSR count).